The van der Waals surface area contributed by atoms with Gasteiger partial charge in [-0.3, -0.25) is 4.79 Å². The van der Waals surface area contributed by atoms with Crippen LogP contribution in [0, 0.1) is 0 Å². The molecule has 0 radical (unpaired) electrons. The van der Waals surface area contributed by atoms with Gasteiger partial charge < -0.3 is 9.47 Å². The highest BCUT2D eigenvalue weighted by atomic mass is 19.4. The van der Waals surface area contributed by atoms with Gasteiger partial charge in [0.1, 0.15) is 0 Å². The van der Waals surface area contributed by atoms with E-state index in [1.165, 1.54) is 13.2 Å². The van der Waals surface area contributed by atoms with E-state index in [1.54, 1.807) is 6.92 Å². The third-order valence-electron chi connectivity index (χ3n) is 2.68. The molecular weight excluding hydrogens is 289 g/mol. The smallest absolute Gasteiger partial charge is 0.416 e. The van der Waals surface area contributed by atoms with E-state index in [-0.39, 0.29) is 30.6 Å². The van der Waals surface area contributed by atoms with E-state index >= 15 is 0 Å². The number of halogens is 3. The van der Waals surface area contributed by atoms with Crippen LogP contribution in [0.3, 0.4) is 0 Å². The number of ether oxygens (including phenoxy) is 2. The molecule has 7 heteroatoms. The van der Waals surface area contributed by atoms with Gasteiger partial charge >= 0.3 is 18.1 Å². The Morgan fingerprint density at radius 3 is 2.38 bits per heavy atom. The molecule has 1 aromatic carbocycles. The highest BCUT2D eigenvalue weighted by Crippen LogP contribution is 2.31. The Morgan fingerprint density at radius 1 is 1.19 bits per heavy atom. The van der Waals surface area contributed by atoms with Crippen molar-refractivity contribution in [3.63, 3.8) is 0 Å². The fourth-order valence-electron chi connectivity index (χ4n) is 1.68. The van der Waals surface area contributed by atoms with E-state index in [9.17, 15) is 22.8 Å². The topological polar surface area (TPSA) is 52.6 Å². The first-order chi connectivity index (χ1) is 9.77. The molecule has 0 saturated carbocycles. The van der Waals surface area contributed by atoms with Gasteiger partial charge in [0.05, 0.1) is 24.8 Å². The maximum absolute atomic E-state index is 12.8. The molecule has 0 spiro atoms. The van der Waals surface area contributed by atoms with Crippen molar-refractivity contribution in [3.05, 3.63) is 34.9 Å². The Morgan fingerprint density at radius 2 is 1.86 bits per heavy atom. The van der Waals surface area contributed by atoms with Gasteiger partial charge in [0.15, 0.2) is 0 Å². The third kappa shape index (κ3) is 5.09. The minimum atomic E-state index is -4.58. The Hall–Kier alpha value is -2.05. The van der Waals surface area contributed by atoms with Crippen LogP contribution in [0.4, 0.5) is 13.2 Å². The number of alkyl halides is 3. The van der Waals surface area contributed by atoms with Crippen molar-refractivity contribution in [2.45, 2.75) is 25.9 Å². The average Bonchev–Trinajstić information content (AvgIpc) is 2.43. The van der Waals surface area contributed by atoms with E-state index in [4.69, 9.17) is 4.74 Å². The molecule has 0 N–H and O–H groups in total. The fourth-order valence-corrected chi connectivity index (χ4v) is 1.68. The standard InChI is InChI=1S/C14H15F3O4/c1-3-21-13(19)10-6-9(4-5-12(18)20-2)7-11(8-10)14(15,16)17/h6-8H,3-5H2,1-2H3. The van der Waals surface area contributed by atoms with Crippen LogP contribution in [0.15, 0.2) is 18.2 Å². The average molecular weight is 304 g/mol. The van der Waals surface area contributed by atoms with Crippen LogP contribution in [0.1, 0.15) is 34.8 Å². The van der Waals surface area contributed by atoms with Crippen molar-refractivity contribution in [2.24, 2.45) is 0 Å². The lowest BCUT2D eigenvalue weighted by molar-refractivity contribution is -0.140. The number of hydrogen-bond acceptors (Lipinski definition) is 4. The maximum atomic E-state index is 12.8. The molecule has 116 valence electrons. The predicted octanol–water partition coefficient (Wildman–Crippen LogP) is 2.99. The number of carbonyl (C=O) groups excluding carboxylic acids is 2. The zero-order valence-corrected chi connectivity index (χ0v) is 11.6. The van der Waals surface area contributed by atoms with Crippen molar-refractivity contribution in [1.29, 1.82) is 0 Å². The SMILES string of the molecule is CCOC(=O)c1cc(CCC(=O)OC)cc(C(F)(F)F)c1. The number of aryl methyl sites for hydroxylation is 1. The number of esters is 2. The van der Waals surface area contributed by atoms with Gasteiger partial charge in [0.25, 0.3) is 0 Å². The second-order valence-corrected chi connectivity index (χ2v) is 4.21. The number of benzene rings is 1. The molecule has 0 saturated heterocycles. The highest BCUT2D eigenvalue weighted by molar-refractivity contribution is 5.90. The number of hydrogen-bond donors (Lipinski definition) is 0. The molecule has 4 nitrogen and oxygen atoms in total. The monoisotopic (exact) mass is 304 g/mol. The molecule has 0 heterocycles. The quantitative estimate of drug-likeness (QED) is 0.785. The second-order valence-electron chi connectivity index (χ2n) is 4.21. The van der Waals surface area contributed by atoms with Gasteiger partial charge in [-0.05, 0) is 37.1 Å². The summed E-state index contributed by atoms with van der Waals surface area (Å²) < 4.78 is 47.6. The van der Waals surface area contributed by atoms with Gasteiger partial charge in [-0.15, -0.1) is 0 Å². The van der Waals surface area contributed by atoms with Crippen LogP contribution in [0.2, 0.25) is 0 Å². The summed E-state index contributed by atoms with van der Waals surface area (Å²) in [6, 6.07) is 2.93. The first-order valence-electron chi connectivity index (χ1n) is 6.23. The summed E-state index contributed by atoms with van der Waals surface area (Å²) in [4.78, 5) is 22.6. The molecule has 0 aromatic heterocycles. The zero-order valence-electron chi connectivity index (χ0n) is 11.6. The summed E-state index contributed by atoms with van der Waals surface area (Å²) in [5.74, 6) is -1.37. The maximum Gasteiger partial charge on any atom is 0.416 e. The first kappa shape index (κ1) is 17.0. The zero-order chi connectivity index (χ0) is 16.0. The first-order valence-corrected chi connectivity index (χ1v) is 6.23. The third-order valence-corrected chi connectivity index (χ3v) is 2.68. The molecule has 0 unspecified atom stereocenters. The normalized spacial score (nSPS) is 11.1. The lowest BCUT2D eigenvalue weighted by Crippen LogP contribution is -2.11. The Kier molecular flexibility index (Phi) is 5.75. The number of methoxy groups -OCH3 is 1. The summed E-state index contributed by atoms with van der Waals surface area (Å²) in [5.41, 5.74) is -0.919. The Bertz CT molecular complexity index is 523. The van der Waals surface area contributed by atoms with Gasteiger partial charge in [0.2, 0.25) is 0 Å². The molecule has 0 aliphatic rings. The van der Waals surface area contributed by atoms with E-state index in [0.29, 0.717) is 0 Å². The molecule has 0 aliphatic heterocycles. The molecule has 1 aromatic rings. The molecular formula is C14H15F3O4. The fraction of sp³-hybridized carbons (Fsp3) is 0.429. The van der Waals surface area contributed by atoms with Gasteiger partial charge in [-0.25, -0.2) is 4.79 Å². The molecule has 0 bridgehead atoms. The largest absolute Gasteiger partial charge is 0.469 e. The van der Waals surface area contributed by atoms with Crippen molar-refractivity contribution in [2.75, 3.05) is 13.7 Å². The summed E-state index contributed by atoms with van der Waals surface area (Å²) in [5, 5.41) is 0. The van der Waals surface area contributed by atoms with Crippen molar-refractivity contribution >= 4 is 11.9 Å². The van der Waals surface area contributed by atoms with Crippen molar-refractivity contribution in [3.8, 4) is 0 Å². The Balaban J connectivity index is 3.09. The predicted molar refractivity (Wildman–Crippen MR) is 67.7 cm³/mol. The van der Waals surface area contributed by atoms with Crippen LogP contribution in [0.5, 0.6) is 0 Å². The van der Waals surface area contributed by atoms with Crippen LogP contribution in [0.25, 0.3) is 0 Å². The van der Waals surface area contributed by atoms with E-state index in [1.807, 2.05) is 0 Å². The number of rotatable bonds is 5. The summed E-state index contributed by atoms with van der Waals surface area (Å²) in [7, 11) is 1.19. The van der Waals surface area contributed by atoms with Crippen molar-refractivity contribution < 1.29 is 32.2 Å². The molecule has 1 rings (SSSR count). The molecule has 0 aliphatic carbocycles. The number of carbonyl (C=O) groups is 2. The summed E-state index contributed by atoms with van der Waals surface area (Å²) in [6.45, 7) is 1.62. The Labute approximate surface area is 119 Å². The summed E-state index contributed by atoms with van der Waals surface area (Å²) in [6.07, 6.45) is -4.61. The lowest BCUT2D eigenvalue weighted by Gasteiger charge is -2.11. The molecule has 0 fully saturated rings. The van der Waals surface area contributed by atoms with E-state index in [2.05, 4.69) is 4.74 Å². The highest BCUT2D eigenvalue weighted by Gasteiger charge is 2.32. The van der Waals surface area contributed by atoms with Crippen molar-refractivity contribution in [1.82, 2.24) is 0 Å². The van der Waals surface area contributed by atoms with Gasteiger partial charge in [-0.2, -0.15) is 13.2 Å². The van der Waals surface area contributed by atoms with E-state index < -0.39 is 23.7 Å². The molecule has 0 atom stereocenters. The minimum absolute atomic E-state index is 0.0446. The van der Waals surface area contributed by atoms with Crippen LogP contribution in [-0.4, -0.2) is 25.7 Å². The van der Waals surface area contributed by atoms with Gasteiger partial charge in [-0.1, -0.05) is 0 Å². The minimum Gasteiger partial charge on any atom is -0.469 e. The summed E-state index contributed by atoms with van der Waals surface area (Å²) >= 11 is 0. The second kappa shape index (κ2) is 7.10. The van der Waals surface area contributed by atoms with Crippen LogP contribution in [-0.2, 0) is 26.9 Å². The van der Waals surface area contributed by atoms with E-state index in [0.717, 1.165) is 12.1 Å². The molecule has 0 amide bonds. The van der Waals surface area contributed by atoms with Crippen LogP contribution < -0.4 is 0 Å². The van der Waals surface area contributed by atoms with Gasteiger partial charge in [0, 0.05) is 6.42 Å². The van der Waals surface area contributed by atoms with Crippen LogP contribution >= 0.6 is 0 Å². The lowest BCUT2D eigenvalue weighted by atomic mass is 10.0. The molecule has 21 heavy (non-hydrogen) atoms.